The molecular weight excluding hydrogens is 442 g/mol. The van der Waals surface area contributed by atoms with Crippen molar-refractivity contribution in [3.63, 3.8) is 0 Å². The third-order valence-electron chi connectivity index (χ3n) is 7.81. The van der Waals surface area contributed by atoms with Gasteiger partial charge in [-0.05, 0) is 60.9 Å². The average Bonchev–Trinajstić information content (AvgIpc) is 2.84. The van der Waals surface area contributed by atoms with Crippen molar-refractivity contribution in [2.24, 2.45) is 11.3 Å². The maximum atomic E-state index is 13.0. The lowest BCUT2D eigenvalue weighted by molar-refractivity contribution is -0.151. The number of carbonyl (C=O) groups is 2. The number of urea groups is 1. The Morgan fingerprint density at radius 2 is 1.77 bits per heavy atom. The first-order valence-electron chi connectivity index (χ1n) is 12.6. The molecule has 2 aliphatic carbocycles. The number of piperazine rings is 1. The van der Waals surface area contributed by atoms with E-state index in [9.17, 15) is 9.59 Å². The van der Waals surface area contributed by atoms with E-state index in [2.05, 4.69) is 26.6 Å². The molecule has 8 nitrogen and oxygen atoms in total. The highest BCUT2D eigenvalue weighted by atomic mass is 16.5. The minimum Gasteiger partial charge on any atom is -0.497 e. The molecule has 0 radical (unpaired) electrons. The van der Waals surface area contributed by atoms with E-state index in [1.54, 1.807) is 7.11 Å². The molecule has 1 aromatic carbocycles. The Balaban J connectivity index is 0.975. The van der Waals surface area contributed by atoms with Crippen molar-refractivity contribution >= 4 is 11.9 Å². The maximum Gasteiger partial charge on any atom is 0.315 e. The molecule has 3 aliphatic rings. The van der Waals surface area contributed by atoms with E-state index in [1.807, 2.05) is 47.5 Å². The van der Waals surface area contributed by atoms with Crippen LogP contribution in [-0.4, -0.2) is 66.1 Å². The Bertz CT molecular complexity index is 1010. The number of methoxy groups -OCH3 is 1. The number of carbonyl (C=O) groups excluding carboxylic acids is 2. The highest BCUT2D eigenvalue weighted by molar-refractivity contribution is 5.80. The average molecular weight is 478 g/mol. The second-order valence-electron chi connectivity index (χ2n) is 10.3. The molecule has 0 atom stereocenters. The molecule has 5 rings (SSSR count). The van der Waals surface area contributed by atoms with Crippen LogP contribution >= 0.6 is 0 Å². The number of aromatic nitrogens is 1. The number of hydrogen-bond acceptors (Lipinski definition) is 5. The van der Waals surface area contributed by atoms with E-state index in [-0.39, 0.29) is 23.4 Å². The van der Waals surface area contributed by atoms with Crippen molar-refractivity contribution in [3.05, 3.63) is 59.9 Å². The fraction of sp³-hybridized carbons (Fsp3) is 0.519. The highest BCUT2D eigenvalue weighted by Crippen LogP contribution is 2.59. The summed E-state index contributed by atoms with van der Waals surface area (Å²) in [6.45, 7) is 4.73. The van der Waals surface area contributed by atoms with Crippen LogP contribution in [0.5, 0.6) is 5.75 Å². The SMILES string of the molecule is COc1ccc(CNC(=O)NC2CC3(C2)CC(C(=O)N2CCN(Cc4ccccn4)CC2)C3)cc1. The fourth-order valence-electron chi connectivity index (χ4n) is 5.85. The first kappa shape index (κ1) is 23.6. The molecule has 186 valence electrons. The molecule has 3 amide bonds. The summed E-state index contributed by atoms with van der Waals surface area (Å²) < 4.78 is 5.16. The predicted octanol–water partition coefficient (Wildman–Crippen LogP) is 2.79. The van der Waals surface area contributed by atoms with Gasteiger partial charge in [0, 0.05) is 57.4 Å². The lowest BCUT2D eigenvalue weighted by Gasteiger charge is -2.58. The van der Waals surface area contributed by atoms with Gasteiger partial charge in [-0.2, -0.15) is 0 Å². The molecule has 2 heterocycles. The second kappa shape index (κ2) is 10.2. The molecule has 35 heavy (non-hydrogen) atoms. The summed E-state index contributed by atoms with van der Waals surface area (Å²) in [5.41, 5.74) is 2.37. The number of nitrogens with one attached hydrogen (secondary N) is 2. The summed E-state index contributed by atoms with van der Waals surface area (Å²) in [7, 11) is 1.64. The van der Waals surface area contributed by atoms with Crippen LogP contribution in [0.2, 0.25) is 0 Å². The number of nitrogens with zero attached hydrogens (tertiary/aromatic N) is 3. The van der Waals surface area contributed by atoms with Crippen LogP contribution in [0.3, 0.4) is 0 Å². The largest absolute Gasteiger partial charge is 0.497 e. The Morgan fingerprint density at radius 1 is 1.03 bits per heavy atom. The lowest BCUT2D eigenvalue weighted by Crippen LogP contribution is -2.60. The van der Waals surface area contributed by atoms with E-state index >= 15 is 0 Å². The Kier molecular flexibility index (Phi) is 6.90. The molecule has 1 aromatic heterocycles. The summed E-state index contributed by atoms with van der Waals surface area (Å²) >= 11 is 0. The molecule has 2 aromatic rings. The van der Waals surface area contributed by atoms with Crippen molar-refractivity contribution in [3.8, 4) is 5.75 Å². The maximum absolute atomic E-state index is 13.0. The first-order chi connectivity index (χ1) is 17.0. The van der Waals surface area contributed by atoms with Gasteiger partial charge >= 0.3 is 6.03 Å². The van der Waals surface area contributed by atoms with Gasteiger partial charge in [-0.15, -0.1) is 0 Å². The van der Waals surface area contributed by atoms with Crippen LogP contribution in [0, 0.1) is 11.3 Å². The van der Waals surface area contributed by atoms with Crippen LogP contribution in [0.1, 0.15) is 36.9 Å². The lowest BCUT2D eigenvalue weighted by atomic mass is 9.50. The van der Waals surface area contributed by atoms with Crippen molar-refractivity contribution in [2.75, 3.05) is 33.3 Å². The Hall–Kier alpha value is -3.13. The zero-order chi connectivity index (χ0) is 24.3. The molecule has 1 aliphatic heterocycles. The quantitative estimate of drug-likeness (QED) is 0.641. The highest BCUT2D eigenvalue weighted by Gasteiger charge is 2.55. The number of ether oxygens (including phenoxy) is 1. The van der Waals surface area contributed by atoms with Crippen LogP contribution < -0.4 is 15.4 Å². The molecule has 1 spiro atoms. The fourth-order valence-corrected chi connectivity index (χ4v) is 5.85. The predicted molar refractivity (Wildman–Crippen MR) is 133 cm³/mol. The molecule has 3 fully saturated rings. The van der Waals surface area contributed by atoms with Crippen molar-refractivity contribution in [1.29, 1.82) is 0 Å². The van der Waals surface area contributed by atoms with Crippen molar-refractivity contribution in [1.82, 2.24) is 25.4 Å². The van der Waals surface area contributed by atoms with Crippen LogP contribution in [0.25, 0.3) is 0 Å². The van der Waals surface area contributed by atoms with Gasteiger partial charge in [0.15, 0.2) is 0 Å². The van der Waals surface area contributed by atoms with E-state index < -0.39 is 0 Å². The number of benzene rings is 1. The molecular formula is C27H35N5O3. The van der Waals surface area contributed by atoms with Crippen LogP contribution in [0.15, 0.2) is 48.7 Å². The molecule has 0 bridgehead atoms. The first-order valence-corrected chi connectivity index (χ1v) is 12.6. The molecule has 2 saturated carbocycles. The second-order valence-corrected chi connectivity index (χ2v) is 10.3. The van der Waals surface area contributed by atoms with E-state index in [0.717, 1.165) is 75.4 Å². The zero-order valence-electron chi connectivity index (χ0n) is 20.4. The summed E-state index contributed by atoms with van der Waals surface area (Å²) in [5.74, 6) is 1.28. The van der Waals surface area contributed by atoms with Gasteiger partial charge in [0.05, 0.1) is 12.8 Å². The third-order valence-corrected chi connectivity index (χ3v) is 7.81. The van der Waals surface area contributed by atoms with E-state index in [4.69, 9.17) is 4.74 Å². The molecule has 2 N–H and O–H groups in total. The number of pyridine rings is 1. The Morgan fingerprint density at radius 3 is 2.43 bits per heavy atom. The number of hydrogen-bond donors (Lipinski definition) is 2. The van der Waals surface area contributed by atoms with Gasteiger partial charge in [0.2, 0.25) is 5.91 Å². The van der Waals surface area contributed by atoms with Gasteiger partial charge in [0.25, 0.3) is 0 Å². The van der Waals surface area contributed by atoms with Crippen LogP contribution in [0.4, 0.5) is 4.79 Å². The van der Waals surface area contributed by atoms with Crippen molar-refractivity contribution in [2.45, 2.75) is 44.8 Å². The van der Waals surface area contributed by atoms with Crippen molar-refractivity contribution < 1.29 is 14.3 Å². The minimum absolute atomic E-state index is 0.129. The smallest absolute Gasteiger partial charge is 0.315 e. The number of rotatable bonds is 7. The standard InChI is InChI=1S/C27H35N5O3/c1-35-24-7-5-20(6-8-24)18-29-26(34)30-23-16-27(17-23)14-21(15-27)25(33)32-12-10-31(11-13-32)19-22-4-2-3-9-28-22/h2-9,21,23H,10-19H2,1H3,(H2,29,30,34). The monoisotopic (exact) mass is 477 g/mol. The summed E-state index contributed by atoms with van der Waals surface area (Å²) in [6.07, 6.45) is 5.71. The van der Waals surface area contributed by atoms with Gasteiger partial charge in [-0.25, -0.2) is 4.79 Å². The normalized spacial score (nSPS) is 25.9. The summed E-state index contributed by atoms with van der Waals surface area (Å²) in [4.78, 5) is 34.1. The molecule has 8 heteroatoms. The van der Waals surface area contributed by atoms with E-state index in [1.165, 1.54) is 0 Å². The Labute approximate surface area is 207 Å². The van der Waals surface area contributed by atoms with Gasteiger partial charge in [0.1, 0.15) is 5.75 Å². The van der Waals surface area contributed by atoms with Gasteiger partial charge in [-0.3, -0.25) is 14.7 Å². The molecule has 0 unspecified atom stereocenters. The van der Waals surface area contributed by atoms with Crippen LogP contribution in [-0.2, 0) is 17.9 Å². The van der Waals surface area contributed by atoms with E-state index in [0.29, 0.717) is 12.5 Å². The van der Waals surface area contributed by atoms with Gasteiger partial charge < -0.3 is 20.3 Å². The third kappa shape index (κ3) is 5.59. The minimum atomic E-state index is -0.129. The topological polar surface area (TPSA) is 86.8 Å². The molecule has 1 saturated heterocycles. The summed E-state index contributed by atoms with van der Waals surface area (Å²) in [6, 6.07) is 13.8. The number of amides is 3. The zero-order valence-corrected chi connectivity index (χ0v) is 20.4. The summed E-state index contributed by atoms with van der Waals surface area (Å²) in [5, 5.41) is 6.01. The van der Waals surface area contributed by atoms with Gasteiger partial charge in [-0.1, -0.05) is 18.2 Å².